The molecule has 2 nitrogen and oxygen atoms in total. The van der Waals surface area contributed by atoms with Crippen LogP contribution in [0.5, 0.6) is 5.75 Å². The Bertz CT molecular complexity index is 626. The van der Waals surface area contributed by atoms with Crippen molar-refractivity contribution in [2.45, 2.75) is 12.8 Å². The van der Waals surface area contributed by atoms with E-state index < -0.39 is 5.82 Å². The van der Waals surface area contributed by atoms with Crippen molar-refractivity contribution in [3.05, 3.63) is 64.4 Å². The van der Waals surface area contributed by atoms with Crippen LogP contribution in [-0.4, -0.2) is 12.9 Å². The van der Waals surface area contributed by atoms with Crippen molar-refractivity contribution in [2.24, 2.45) is 0 Å². The molecule has 0 aliphatic carbocycles. The van der Waals surface area contributed by atoms with Crippen LogP contribution in [0.2, 0.25) is 5.02 Å². The van der Waals surface area contributed by atoms with Crippen LogP contribution in [-0.2, 0) is 6.42 Å². The fourth-order valence-electron chi connectivity index (χ4n) is 1.93. The van der Waals surface area contributed by atoms with E-state index in [9.17, 15) is 9.18 Å². The predicted octanol–water partition coefficient (Wildman–Crippen LogP) is 4.30. The van der Waals surface area contributed by atoms with Gasteiger partial charge in [-0.2, -0.15) is 0 Å². The normalized spacial score (nSPS) is 10.3. The Balaban J connectivity index is 2.03. The molecule has 2 aromatic carbocycles. The van der Waals surface area contributed by atoms with Gasteiger partial charge in [-0.05, 0) is 42.3 Å². The smallest absolute Gasteiger partial charge is 0.165 e. The molecule has 20 heavy (non-hydrogen) atoms. The first-order chi connectivity index (χ1) is 9.60. The summed E-state index contributed by atoms with van der Waals surface area (Å²) in [7, 11) is 1.39. The molecule has 0 spiro atoms. The number of Topliss-reactive ketones (excluding diaryl/α,β-unsaturated/α-hetero) is 1. The number of hydrogen-bond acceptors (Lipinski definition) is 2. The molecule has 0 N–H and O–H groups in total. The molecule has 0 aliphatic heterocycles. The molecule has 0 amide bonds. The summed E-state index contributed by atoms with van der Waals surface area (Å²) in [6, 6.07) is 11.6. The highest BCUT2D eigenvalue weighted by Gasteiger charge is 2.10. The number of aryl methyl sites for hydroxylation is 1. The monoisotopic (exact) mass is 292 g/mol. The van der Waals surface area contributed by atoms with E-state index in [1.54, 1.807) is 12.1 Å². The zero-order chi connectivity index (χ0) is 14.5. The number of methoxy groups -OCH3 is 1. The van der Waals surface area contributed by atoms with E-state index >= 15 is 0 Å². The largest absolute Gasteiger partial charge is 0.494 e. The van der Waals surface area contributed by atoms with Crippen LogP contribution in [0.3, 0.4) is 0 Å². The number of carbonyl (C=O) groups is 1. The molecule has 0 radical (unpaired) electrons. The molecule has 2 aromatic rings. The standard InChI is InChI=1S/C16H14ClFO2/c1-20-16-8-6-12(10-14(16)18)15(19)7-5-11-3-2-4-13(17)9-11/h2-4,6,8-10H,5,7H2,1H3. The third-order valence-electron chi connectivity index (χ3n) is 3.00. The highest BCUT2D eigenvalue weighted by Crippen LogP contribution is 2.19. The number of halogens is 2. The van der Waals surface area contributed by atoms with E-state index in [-0.39, 0.29) is 11.5 Å². The SMILES string of the molecule is COc1ccc(C(=O)CCc2cccc(Cl)c2)cc1F. The molecule has 104 valence electrons. The van der Waals surface area contributed by atoms with Crippen LogP contribution in [0, 0.1) is 5.82 Å². The first kappa shape index (κ1) is 14.5. The summed E-state index contributed by atoms with van der Waals surface area (Å²) in [5.74, 6) is -0.496. The molecular weight excluding hydrogens is 279 g/mol. The Kier molecular flexibility index (Phi) is 4.74. The maximum atomic E-state index is 13.5. The second kappa shape index (κ2) is 6.53. The van der Waals surface area contributed by atoms with Crippen molar-refractivity contribution < 1.29 is 13.9 Å². The molecule has 0 saturated carbocycles. The minimum atomic E-state index is -0.527. The van der Waals surface area contributed by atoms with Gasteiger partial charge in [0.1, 0.15) is 0 Å². The van der Waals surface area contributed by atoms with Gasteiger partial charge in [0, 0.05) is 17.0 Å². The molecular formula is C16H14ClFO2. The first-order valence-electron chi connectivity index (χ1n) is 6.21. The summed E-state index contributed by atoms with van der Waals surface area (Å²) in [5, 5.41) is 0.644. The van der Waals surface area contributed by atoms with Crippen LogP contribution in [0.25, 0.3) is 0 Å². The average molecular weight is 293 g/mol. The molecule has 0 fully saturated rings. The lowest BCUT2D eigenvalue weighted by molar-refractivity contribution is 0.0982. The highest BCUT2D eigenvalue weighted by atomic mass is 35.5. The zero-order valence-corrected chi connectivity index (χ0v) is 11.8. The summed E-state index contributed by atoms with van der Waals surface area (Å²) in [5.41, 5.74) is 1.34. The van der Waals surface area contributed by atoms with Gasteiger partial charge in [0.25, 0.3) is 0 Å². The van der Waals surface area contributed by atoms with Crippen molar-refractivity contribution >= 4 is 17.4 Å². The van der Waals surface area contributed by atoms with Gasteiger partial charge in [-0.3, -0.25) is 4.79 Å². The Hall–Kier alpha value is -1.87. The molecule has 0 unspecified atom stereocenters. The topological polar surface area (TPSA) is 26.3 Å². The van der Waals surface area contributed by atoms with Gasteiger partial charge >= 0.3 is 0 Å². The van der Waals surface area contributed by atoms with E-state index in [1.807, 2.05) is 18.2 Å². The van der Waals surface area contributed by atoms with Crippen LogP contribution in [0.4, 0.5) is 4.39 Å². The molecule has 0 aromatic heterocycles. The van der Waals surface area contributed by atoms with Gasteiger partial charge in [0.05, 0.1) is 7.11 Å². The maximum absolute atomic E-state index is 13.5. The lowest BCUT2D eigenvalue weighted by Crippen LogP contribution is -2.02. The Morgan fingerprint density at radius 1 is 1.25 bits per heavy atom. The molecule has 0 bridgehead atoms. The minimum absolute atomic E-state index is 0.105. The first-order valence-corrected chi connectivity index (χ1v) is 6.59. The molecule has 4 heteroatoms. The van der Waals surface area contributed by atoms with Crippen molar-refractivity contribution in [3.63, 3.8) is 0 Å². The van der Waals surface area contributed by atoms with Crippen LogP contribution in [0.1, 0.15) is 22.3 Å². The quantitative estimate of drug-likeness (QED) is 0.768. The Morgan fingerprint density at radius 3 is 2.70 bits per heavy atom. The fraction of sp³-hybridized carbons (Fsp3) is 0.188. The summed E-state index contributed by atoms with van der Waals surface area (Å²) >= 11 is 5.88. The second-order valence-electron chi connectivity index (χ2n) is 4.40. The minimum Gasteiger partial charge on any atom is -0.494 e. The third-order valence-corrected chi connectivity index (χ3v) is 3.24. The fourth-order valence-corrected chi connectivity index (χ4v) is 2.15. The van der Waals surface area contributed by atoms with E-state index in [0.29, 0.717) is 23.4 Å². The number of rotatable bonds is 5. The van der Waals surface area contributed by atoms with Crippen molar-refractivity contribution in [3.8, 4) is 5.75 Å². The summed E-state index contributed by atoms with van der Waals surface area (Å²) in [6.07, 6.45) is 0.888. The van der Waals surface area contributed by atoms with E-state index in [4.69, 9.17) is 16.3 Å². The van der Waals surface area contributed by atoms with Gasteiger partial charge < -0.3 is 4.74 Å². The third kappa shape index (κ3) is 3.58. The molecule has 0 saturated heterocycles. The summed E-state index contributed by atoms with van der Waals surface area (Å²) in [4.78, 5) is 12.0. The Labute approximate surface area is 122 Å². The van der Waals surface area contributed by atoms with E-state index in [2.05, 4.69) is 0 Å². The van der Waals surface area contributed by atoms with E-state index in [0.717, 1.165) is 5.56 Å². The lowest BCUT2D eigenvalue weighted by atomic mass is 10.0. The zero-order valence-electron chi connectivity index (χ0n) is 11.0. The van der Waals surface area contributed by atoms with Gasteiger partial charge in [-0.15, -0.1) is 0 Å². The molecule has 0 atom stereocenters. The van der Waals surface area contributed by atoms with Gasteiger partial charge in [0.15, 0.2) is 17.3 Å². The number of ketones is 1. The van der Waals surface area contributed by atoms with Gasteiger partial charge in [0.2, 0.25) is 0 Å². The number of ether oxygens (including phenoxy) is 1. The van der Waals surface area contributed by atoms with Crippen molar-refractivity contribution in [1.82, 2.24) is 0 Å². The lowest BCUT2D eigenvalue weighted by Gasteiger charge is -2.05. The van der Waals surface area contributed by atoms with Crippen molar-refractivity contribution in [1.29, 1.82) is 0 Å². The molecule has 2 rings (SSSR count). The van der Waals surface area contributed by atoms with Crippen LogP contribution < -0.4 is 4.74 Å². The predicted molar refractivity (Wildman–Crippen MR) is 77.1 cm³/mol. The second-order valence-corrected chi connectivity index (χ2v) is 4.84. The van der Waals surface area contributed by atoms with Gasteiger partial charge in [-0.1, -0.05) is 23.7 Å². The number of hydrogen-bond donors (Lipinski definition) is 0. The van der Waals surface area contributed by atoms with Gasteiger partial charge in [-0.25, -0.2) is 4.39 Å². The van der Waals surface area contributed by atoms with Crippen molar-refractivity contribution in [2.75, 3.05) is 7.11 Å². The average Bonchev–Trinajstić information content (AvgIpc) is 2.44. The highest BCUT2D eigenvalue weighted by molar-refractivity contribution is 6.30. The molecule has 0 aliphatic rings. The number of carbonyl (C=O) groups excluding carboxylic acids is 1. The van der Waals surface area contributed by atoms with Crippen LogP contribution >= 0.6 is 11.6 Å². The molecule has 0 heterocycles. The van der Waals surface area contributed by atoms with E-state index in [1.165, 1.54) is 19.2 Å². The Morgan fingerprint density at radius 2 is 2.05 bits per heavy atom. The summed E-state index contributed by atoms with van der Waals surface area (Å²) in [6.45, 7) is 0. The summed E-state index contributed by atoms with van der Waals surface area (Å²) < 4.78 is 18.4. The number of benzene rings is 2. The maximum Gasteiger partial charge on any atom is 0.165 e. The van der Waals surface area contributed by atoms with Crippen LogP contribution in [0.15, 0.2) is 42.5 Å².